The van der Waals surface area contributed by atoms with E-state index in [0.29, 0.717) is 17.4 Å². The summed E-state index contributed by atoms with van der Waals surface area (Å²) < 4.78 is 13.8. The van der Waals surface area contributed by atoms with E-state index < -0.39 is 5.82 Å². The van der Waals surface area contributed by atoms with Crippen LogP contribution in [0, 0.1) is 12.7 Å². The molecule has 1 N–H and O–H groups in total. The van der Waals surface area contributed by atoms with Crippen LogP contribution in [0.15, 0.2) is 18.2 Å². The second kappa shape index (κ2) is 6.23. The Balaban J connectivity index is 1.93. The van der Waals surface area contributed by atoms with Crippen LogP contribution in [0.25, 0.3) is 0 Å². The van der Waals surface area contributed by atoms with Crippen LogP contribution in [0.5, 0.6) is 0 Å². The summed E-state index contributed by atoms with van der Waals surface area (Å²) in [6.07, 6.45) is 3.63. The molecule has 1 fully saturated rings. The summed E-state index contributed by atoms with van der Waals surface area (Å²) in [7, 11) is 0. The van der Waals surface area contributed by atoms with Crippen molar-refractivity contribution in [2.24, 2.45) is 0 Å². The summed E-state index contributed by atoms with van der Waals surface area (Å²) in [4.78, 5) is 11.9. The molecule has 1 aromatic rings. The van der Waals surface area contributed by atoms with Crippen molar-refractivity contribution in [3.05, 3.63) is 35.1 Å². The smallest absolute Gasteiger partial charge is 0.254 e. The predicted octanol–water partition coefficient (Wildman–Crippen LogP) is 3.15. The first kappa shape index (κ1) is 13.4. The van der Waals surface area contributed by atoms with Crippen LogP contribution < -0.4 is 5.32 Å². The summed E-state index contributed by atoms with van der Waals surface area (Å²) in [6.45, 7) is 2.31. The molecule has 18 heavy (non-hydrogen) atoms. The molecule has 0 aliphatic carbocycles. The molecule has 0 saturated carbocycles. The van der Waals surface area contributed by atoms with E-state index in [4.69, 9.17) is 0 Å². The number of halogens is 1. The van der Waals surface area contributed by atoms with Crippen molar-refractivity contribution in [1.82, 2.24) is 5.32 Å². The van der Waals surface area contributed by atoms with E-state index in [1.165, 1.54) is 24.7 Å². The third-order valence-corrected chi connectivity index (χ3v) is 4.60. The van der Waals surface area contributed by atoms with Gasteiger partial charge in [-0.25, -0.2) is 4.39 Å². The SMILES string of the molecule is Cc1cccc(C(=O)NCC2CCCCS2)c1F. The van der Waals surface area contributed by atoms with E-state index in [1.807, 2.05) is 11.8 Å². The monoisotopic (exact) mass is 267 g/mol. The Morgan fingerprint density at radius 3 is 3.06 bits per heavy atom. The number of hydrogen-bond donors (Lipinski definition) is 1. The van der Waals surface area contributed by atoms with Gasteiger partial charge < -0.3 is 5.32 Å². The van der Waals surface area contributed by atoms with Gasteiger partial charge in [0, 0.05) is 11.8 Å². The minimum absolute atomic E-state index is 0.149. The van der Waals surface area contributed by atoms with Gasteiger partial charge in [-0.05, 0) is 37.1 Å². The average molecular weight is 267 g/mol. The molecule has 1 aliphatic heterocycles. The van der Waals surface area contributed by atoms with E-state index in [2.05, 4.69) is 5.32 Å². The normalized spacial score (nSPS) is 19.6. The number of benzene rings is 1. The van der Waals surface area contributed by atoms with E-state index in [0.717, 1.165) is 6.42 Å². The van der Waals surface area contributed by atoms with Gasteiger partial charge in [-0.15, -0.1) is 0 Å². The van der Waals surface area contributed by atoms with Crippen molar-refractivity contribution in [3.8, 4) is 0 Å². The first-order valence-corrected chi connectivity index (χ1v) is 7.38. The van der Waals surface area contributed by atoms with Crippen LogP contribution >= 0.6 is 11.8 Å². The minimum atomic E-state index is -0.411. The quantitative estimate of drug-likeness (QED) is 0.911. The molecule has 1 aromatic carbocycles. The molecule has 2 nitrogen and oxygen atoms in total. The van der Waals surface area contributed by atoms with Gasteiger partial charge in [-0.1, -0.05) is 18.6 Å². The van der Waals surface area contributed by atoms with Gasteiger partial charge in [0.15, 0.2) is 0 Å². The number of amides is 1. The van der Waals surface area contributed by atoms with E-state index in [9.17, 15) is 9.18 Å². The average Bonchev–Trinajstić information content (AvgIpc) is 2.40. The lowest BCUT2D eigenvalue weighted by molar-refractivity contribution is 0.0949. The van der Waals surface area contributed by atoms with Crippen LogP contribution in [-0.2, 0) is 0 Å². The Hall–Kier alpha value is -1.03. The standard InChI is InChI=1S/C14H18FNOS/c1-10-5-4-7-12(13(10)15)14(17)16-9-11-6-2-3-8-18-11/h4-5,7,11H,2-3,6,8-9H2,1H3,(H,16,17). The molecule has 1 aliphatic rings. The maximum absolute atomic E-state index is 13.8. The fraction of sp³-hybridized carbons (Fsp3) is 0.500. The van der Waals surface area contributed by atoms with E-state index >= 15 is 0 Å². The van der Waals surface area contributed by atoms with Gasteiger partial charge in [-0.2, -0.15) is 11.8 Å². The Morgan fingerprint density at radius 2 is 2.33 bits per heavy atom. The highest BCUT2D eigenvalue weighted by atomic mass is 32.2. The van der Waals surface area contributed by atoms with E-state index in [1.54, 1.807) is 19.1 Å². The van der Waals surface area contributed by atoms with Gasteiger partial charge in [-0.3, -0.25) is 4.79 Å². The molecule has 1 atom stereocenters. The second-order valence-electron chi connectivity index (χ2n) is 4.64. The zero-order chi connectivity index (χ0) is 13.0. The summed E-state index contributed by atoms with van der Waals surface area (Å²) >= 11 is 1.90. The molecule has 0 radical (unpaired) electrons. The van der Waals surface area contributed by atoms with Crippen molar-refractivity contribution in [2.45, 2.75) is 31.4 Å². The number of carbonyl (C=O) groups is 1. The molecular formula is C14H18FNOS. The number of aryl methyl sites for hydroxylation is 1. The van der Waals surface area contributed by atoms with Gasteiger partial charge in [0.2, 0.25) is 0 Å². The summed E-state index contributed by atoms with van der Waals surface area (Å²) in [5.41, 5.74) is 0.658. The number of nitrogens with one attached hydrogen (secondary N) is 1. The molecule has 98 valence electrons. The Kier molecular flexibility index (Phi) is 4.64. The topological polar surface area (TPSA) is 29.1 Å². The van der Waals surface area contributed by atoms with Crippen LogP contribution in [-0.4, -0.2) is 23.5 Å². The van der Waals surface area contributed by atoms with Crippen molar-refractivity contribution in [3.63, 3.8) is 0 Å². The molecule has 1 saturated heterocycles. The maximum atomic E-state index is 13.8. The molecular weight excluding hydrogens is 249 g/mol. The zero-order valence-corrected chi connectivity index (χ0v) is 11.4. The lowest BCUT2D eigenvalue weighted by atomic mass is 10.1. The lowest BCUT2D eigenvalue weighted by Gasteiger charge is -2.21. The summed E-state index contributed by atoms with van der Waals surface area (Å²) in [6, 6.07) is 4.91. The number of carbonyl (C=O) groups excluding carboxylic acids is 1. The fourth-order valence-electron chi connectivity index (χ4n) is 2.09. The number of rotatable bonds is 3. The maximum Gasteiger partial charge on any atom is 0.254 e. The van der Waals surface area contributed by atoms with Crippen LogP contribution in [0.4, 0.5) is 4.39 Å². The third-order valence-electron chi connectivity index (χ3n) is 3.20. The number of thioether (sulfide) groups is 1. The lowest BCUT2D eigenvalue weighted by Crippen LogP contribution is -2.32. The summed E-state index contributed by atoms with van der Waals surface area (Å²) in [5, 5.41) is 3.32. The van der Waals surface area contributed by atoms with Crippen LogP contribution in [0.1, 0.15) is 35.2 Å². The summed E-state index contributed by atoms with van der Waals surface area (Å²) in [5.74, 6) is 0.452. The predicted molar refractivity (Wildman–Crippen MR) is 73.6 cm³/mol. The highest BCUT2D eigenvalue weighted by Crippen LogP contribution is 2.24. The molecule has 0 bridgehead atoms. The Morgan fingerprint density at radius 1 is 1.50 bits per heavy atom. The largest absolute Gasteiger partial charge is 0.351 e. The Labute approximate surface area is 111 Å². The van der Waals surface area contributed by atoms with Crippen molar-refractivity contribution >= 4 is 17.7 Å². The van der Waals surface area contributed by atoms with Crippen molar-refractivity contribution < 1.29 is 9.18 Å². The molecule has 0 spiro atoms. The van der Waals surface area contributed by atoms with Gasteiger partial charge in [0.25, 0.3) is 5.91 Å². The zero-order valence-electron chi connectivity index (χ0n) is 10.5. The van der Waals surface area contributed by atoms with Crippen LogP contribution in [0.3, 0.4) is 0 Å². The minimum Gasteiger partial charge on any atom is -0.351 e. The highest BCUT2D eigenvalue weighted by molar-refractivity contribution is 7.99. The van der Waals surface area contributed by atoms with Crippen LogP contribution in [0.2, 0.25) is 0 Å². The Bertz CT molecular complexity index is 430. The third kappa shape index (κ3) is 3.25. The van der Waals surface area contributed by atoms with Gasteiger partial charge >= 0.3 is 0 Å². The van der Waals surface area contributed by atoms with E-state index in [-0.39, 0.29) is 11.5 Å². The first-order valence-electron chi connectivity index (χ1n) is 6.33. The molecule has 0 aromatic heterocycles. The van der Waals surface area contributed by atoms with Crippen molar-refractivity contribution in [2.75, 3.05) is 12.3 Å². The molecule has 1 amide bonds. The molecule has 2 rings (SSSR count). The van der Waals surface area contributed by atoms with Crippen molar-refractivity contribution in [1.29, 1.82) is 0 Å². The molecule has 1 heterocycles. The second-order valence-corrected chi connectivity index (χ2v) is 6.04. The fourth-order valence-corrected chi connectivity index (χ4v) is 3.33. The number of hydrogen-bond acceptors (Lipinski definition) is 2. The van der Waals surface area contributed by atoms with Gasteiger partial charge in [0.05, 0.1) is 5.56 Å². The molecule has 1 unspecified atom stereocenters. The first-order chi connectivity index (χ1) is 8.68. The highest BCUT2D eigenvalue weighted by Gasteiger charge is 2.17. The van der Waals surface area contributed by atoms with Gasteiger partial charge in [0.1, 0.15) is 5.82 Å². The molecule has 4 heteroatoms.